The summed E-state index contributed by atoms with van der Waals surface area (Å²) in [5.74, 6) is 0.846. The first-order chi connectivity index (χ1) is 7.72. The van der Waals surface area contributed by atoms with E-state index in [9.17, 15) is 0 Å². The Balaban J connectivity index is 2.03. The van der Waals surface area contributed by atoms with E-state index in [2.05, 4.69) is 18.9 Å². The molecule has 0 aromatic heterocycles. The van der Waals surface area contributed by atoms with Gasteiger partial charge in [-0.3, -0.25) is 0 Å². The van der Waals surface area contributed by atoms with Crippen LogP contribution in [0.4, 0.5) is 0 Å². The van der Waals surface area contributed by atoms with Crippen molar-refractivity contribution in [3.05, 3.63) is 0 Å². The Morgan fingerprint density at radius 3 is 2.69 bits per heavy atom. The summed E-state index contributed by atoms with van der Waals surface area (Å²) in [6, 6.07) is 0.400. The van der Waals surface area contributed by atoms with Crippen LogP contribution in [0.15, 0.2) is 0 Å². The molecule has 1 aliphatic heterocycles. The molecule has 1 aliphatic rings. The van der Waals surface area contributed by atoms with Crippen LogP contribution in [0.3, 0.4) is 0 Å². The van der Waals surface area contributed by atoms with E-state index in [4.69, 9.17) is 10.5 Å². The molecule has 0 saturated carbocycles. The molecule has 0 aromatic carbocycles. The first-order valence-electron chi connectivity index (χ1n) is 6.74. The Bertz CT molecular complexity index is 169. The maximum absolute atomic E-state index is 5.91. The minimum absolute atomic E-state index is 0.400. The third-order valence-electron chi connectivity index (χ3n) is 3.55. The normalized spacial score (nSPS) is 20.2. The molecule has 1 unspecified atom stereocenters. The van der Waals surface area contributed by atoms with Crippen molar-refractivity contribution in [3.63, 3.8) is 0 Å². The predicted octanol–water partition coefficient (Wildman–Crippen LogP) is 1.86. The molecule has 1 atom stereocenters. The standard InChI is InChI=1S/C13H28N2O/c1-3-13(14)5-4-8-15(2)11-12-6-9-16-10-7-12/h12-13H,3-11,14H2,1-2H3. The monoisotopic (exact) mass is 228 g/mol. The van der Waals surface area contributed by atoms with Crippen LogP contribution in [0.5, 0.6) is 0 Å². The number of nitrogens with two attached hydrogens (primary N) is 1. The Hall–Kier alpha value is -0.120. The lowest BCUT2D eigenvalue weighted by molar-refractivity contribution is 0.0555. The summed E-state index contributed by atoms with van der Waals surface area (Å²) in [6.45, 7) is 6.49. The van der Waals surface area contributed by atoms with E-state index in [1.807, 2.05) is 0 Å². The number of hydrogen-bond acceptors (Lipinski definition) is 3. The molecule has 0 bridgehead atoms. The van der Waals surface area contributed by atoms with E-state index in [1.54, 1.807) is 0 Å². The zero-order chi connectivity index (χ0) is 11.8. The fraction of sp³-hybridized carbons (Fsp3) is 1.00. The topological polar surface area (TPSA) is 38.5 Å². The summed E-state index contributed by atoms with van der Waals surface area (Å²) in [6.07, 6.45) is 5.96. The summed E-state index contributed by atoms with van der Waals surface area (Å²) in [4.78, 5) is 2.46. The second-order valence-corrected chi connectivity index (χ2v) is 5.13. The first kappa shape index (κ1) is 13.9. The molecule has 1 fully saturated rings. The van der Waals surface area contributed by atoms with Gasteiger partial charge in [0.25, 0.3) is 0 Å². The highest BCUT2D eigenvalue weighted by Crippen LogP contribution is 2.15. The Kier molecular flexibility index (Phi) is 7.01. The van der Waals surface area contributed by atoms with Crippen LogP contribution in [0.1, 0.15) is 39.0 Å². The minimum atomic E-state index is 0.400. The SMILES string of the molecule is CCC(N)CCCN(C)CC1CCOCC1. The Labute approximate surface area is 100 Å². The smallest absolute Gasteiger partial charge is 0.0469 e. The van der Waals surface area contributed by atoms with Gasteiger partial charge in [-0.2, -0.15) is 0 Å². The molecule has 2 N–H and O–H groups in total. The molecule has 0 aromatic rings. The molecule has 0 amide bonds. The van der Waals surface area contributed by atoms with Crippen LogP contribution in [0, 0.1) is 5.92 Å². The summed E-state index contributed by atoms with van der Waals surface area (Å²) in [5, 5.41) is 0. The third-order valence-corrected chi connectivity index (χ3v) is 3.55. The largest absolute Gasteiger partial charge is 0.381 e. The first-order valence-corrected chi connectivity index (χ1v) is 6.74. The second-order valence-electron chi connectivity index (χ2n) is 5.13. The van der Waals surface area contributed by atoms with Crippen LogP contribution in [-0.2, 0) is 4.74 Å². The average molecular weight is 228 g/mol. The van der Waals surface area contributed by atoms with Crippen molar-refractivity contribution in [1.29, 1.82) is 0 Å². The lowest BCUT2D eigenvalue weighted by Crippen LogP contribution is -2.31. The predicted molar refractivity (Wildman–Crippen MR) is 68.5 cm³/mol. The zero-order valence-corrected chi connectivity index (χ0v) is 11.0. The molecule has 0 spiro atoms. The van der Waals surface area contributed by atoms with Crippen LogP contribution >= 0.6 is 0 Å². The number of ether oxygens (including phenoxy) is 1. The maximum Gasteiger partial charge on any atom is 0.0469 e. The molecular formula is C13H28N2O. The fourth-order valence-electron chi connectivity index (χ4n) is 2.29. The van der Waals surface area contributed by atoms with Gasteiger partial charge >= 0.3 is 0 Å². The van der Waals surface area contributed by atoms with Gasteiger partial charge in [-0.15, -0.1) is 0 Å². The molecule has 0 radical (unpaired) electrons. The van der Waals surface area contributed by atoms with Crippen molar-refractivity contribution in [1.82, 2.24) is 4.90 Å². The van der Waals surface area contributed by atoms with E-state index < -0.39 is 0 Å². The maximum atomic E-state index is 5.91. The van der Waals surface area contributed by atoms with Gasteiger partial charge in [0, 0.05) is 25.8 Å². The summed E-state index contributed by atoms with van der Waals surface area (Å²) in [5.41, 5.74) is 5.91. The van der Waals surface area contributed by atoms with E-state index >= 15 is 0 Å². The van der Waals surface area contributed by atoms with E-state index in [1.165, 1.54) is 32.4 Å². The quantitative estimate of drug-likeness (QED) is 0.723. The molecule has 16 heavy (non-hydrogen) atoms. The van der Waals surface area contributed by atoms with E-state index in [0.717, 1.165) is 32.0 Å². The van der Waals surface area contributed by atoms with Crippen molar-refractivity contribution in [2.45, 2.75) is 45.1 Å². The highest BCUT2D eigenvalue weighted by atomic mass is 16.5. The van der Waals surface area contributed by atoms with E-state index in [-0.39, 0.29) is 0 Å². The van der Waals surface area contributed by atoms with Crippen LogP contribution < -0.4 is 5.73 Å². The fourth-order valence-corrected chi connectivity index (χ4v) is 2.29. The minimum Gasteiger partial charge on any atom is -0.381 e. The third kappa shape index (κ3) is 5.83. The van der Waals surface area contributed by atoms with Crippen molar-refractivity contribution < 1.29 is 4.74 Å². The van der Waals surface area contributed by atoms with Crippen molar-refractivity contribution in [3.8, 4) is 0 Å². The van der Waals surface area contributed by atoms with Crippen LogP contribution in [-0.4, -0.2) is 44.3 Å². The van der Waals surface area contributed by atoms with Crippen LogP contribution in [0.25, 0.3) is 0 Å². The van der Waals surface area contributed by atoms with Gasteiger partial charge in [-0.25, -0.2) is 0 Å². The lowest BCUT2D eigenvalue weighted by atomic mass is 10.00. The van der Waals surface area contributed by atoms with Gasteiger partial charge in [-0.05, 0) is 51.6 Å². The zero-order valence-electron chi connectivity index (χ0n) is 11.0. The summed E-state index contributed by atoms with van der Waals surface area (Å²) < 4.78 is 5.37. The van der Waals surface area contributed by atoms with Gasteiger partial charge < -0.3 is 15.4 Å². The molecule has 96 valence electrons. The molecule has 1 heterocycles. The van der Waals surface area contributed by atoms with Crippen molar-refractivity contribution in [2.75, 3.05) is 33.4 Å². The van der Waals surface area contributed by atoms with E-state index in [0.29, 0.717) is 6.04 Å². The number of hydrogen-bond donors (Lipinski definition) is 1. The van der Waals surface area contributed by atoms with Gasteiger partial charge in [0.05, 0.1) is 0 Å². The van der Waals surface area contributed by atoms with Crippen molar-refractivity contribution >= 4 is 0 Å². The highest BCUT2D eigenvalue weighted by Gasteiger charge is 2.15. The van der Waals surface area contributed by atoms with Crippen molar-refractivity contribution in [2.24, 2.45) is 11.7 Å². The summed E-state index contributed by atoms with van der Waals surface area (Å²) >= 11 is 0. The molecule has 3 nitrogen and oxygen atoms in total. The molecular weight excluding hydrogens is 200 g/mol. The molecule has 1 rings (SSSR count). The highest BCUT2D eigenvalue weighted by molar-refractivity contribution is 4.68. The summed E-state index contributed by atoms with van der Waals surface area (Å²) in [7, 11) is 2.23. The van der Waals surface area contributed by atoms with Gasteiger partial charge in [0.1, 0.15) is 0 Å². The molecule has 3 heteroatoms. The van der Waals surface area contributed by atoms with Gasteiger partial charge in [-0.1, -0.05) is 6.92 Å². The number of rotatable bonds is 7. The Morgan fingerprint density at radius 2 is 2.06 bits per heavy atom. The number of nitrogens with zero attached hydrogens (tertiary/aromatic N) is 1. The Morgan fingerprint density at radius 1 is 1.38 bits per heavy atom. The average Bonchev–Trinajstić information content (AvgIpc) is 2.30. The second kappa shape index (κ2) is 8.04. The van der Waals surface area contributed by atoms with Crippen LogP contribution in [0.2, 0.25) is 0 Å². The molecule has 1 saturated heterocycles. The van der Waals surface area contributed by atoms with Gasteiger partial charge in [0.15, 0.2) is 0 Å². The molecule has 0 aliphatic carbocycles. The lowest BCUT2D eigenvalue weighted by Gasteiger charge is -2.27. The van der Waals surface area contributed by atoms with Gasteiger partial charge in [0.2, 0.25) is 0 Å².